The highest BCUT2D eigenvalue weighted by molar-refractivity contribution is 9.10. The van der Waals surface area contributed by atoms with Gasteiger partial charge in [-0.25, -0.2) is 0 Å². The van der Waals surface area contributed by atoms with E-state index in [4.69, 9.17) is 11.6 Å². The highest BCUT2D eigenvalue weighted by Crippen LogP contribution is 2.25. The first-order valence-corrected chi connectivity index (χ1v) is 9.70. The van der Waals surface area contributed by atoms with Gasteiger partial charge in [0, 0.05) is 26.6 Å². The maximum atomic E-state index is 12.6. The second-order valence-corrected chi connectivity index (χ2v) is 7.54. The Bertz CT molecular complexity index is 1130. The van der Waals surface area contributed by atoms with Gasteiger partial charge >= 0.3 is 0 Å². The van der Waals surface area contributed by atoms with Gasteiger partial charge in [-0.1, -0.05) is 29.8 Å². The van der Waals surface area contributed by atoms with E-state index in [0.29, 0.717) is 10.7 Å². The minimum absolute atomic E-state index is 0.0297. The van der Waals surface area contributed by atoms with E-state index < -0.39 is 5.91 Å². The van der Waals surface area contributed by atoms with Gasteiger partial charge < -0.3 is 9.88 Å². The molecule has 4 nitrogen and oxygen atoms in total. The van der Waals surface area contributed by atoms with Crippen LogP contribution in [0.1, 0.15) is 17.0 Å². The van der Waals surface area contributed by atoms with Crippen LogP contribution in [0.4, 0.5) is 5.69 Å². The highest BCUT2D eigenvalue weighted by Gasteiger charge is 2.15. The third-order valence-corrected chi connectivity index (χ3v) is 5.25. The fraction of sp³-hybridized carbons (Fsp3) is 0.0909. The molecule has 6 heteroatoms. The third kappa shape index (κ3) is 4.19. The molecular weight excluding hydrogens is 438 g/mol. The van der Waals surface area contributed by atoms with Crippen molar-refractivity contribution in [3.8, 4) is 11.8 Å². The third-order valence-electron chi connectivity index (χ3n) is 4.32. The number of rotatable bonds is 4. The van der Waals surface area contributed by atoms with Crippen LogP contribution < -0.4 is 5.32 Å². The smallest absolute Gasteiger partial charge is 0.266 e. The van der Waals surface area contributed by atoms with Crippen molar-refractivity contribution in [1.82, 2.24) is 4.57 Å². The zero-order valence-electron chi connectivity index (χ0n) is 15.3. The van der Waals surface area contributed by atoms with Crippen molar-refractivity contribution in [1.29, 1.82) is 5.26 Å². The lowest BCUT2D eigenvalue weighted by Gasteiger charge is -2.10. The van der Waals surface area contributed by atoms with Crippen LogP contribution in [-0.4, -0.2) is 10.5 Å². The number of para-hydroxylation sites is 1. The summed E-state index contributed by atoms with van der Waals surface area (Å²) in [4.78, 5) is 12.6. The number of nitrogens with one attached hydrogen (secondary N) is 1. The van der Waals surface area contributed by atoms with Crippen molar-refractivity contribution in [3.05, 3.63) is 86.6 Å². The predicted octanol–water partition coefficient (Wildman–Crippen LogP) is 6.06. The van der Waals surface area contributed by atoms with Gasteiger partial charge in [-0.2, -0.15) is 5.26 Å². The zero-order chi connectivity index (χ0) is 20.3. The topological polar surface area (TPSA) is 57.8 Å². The summed E-state index contributed by atoms with van der Waals surface area (Å²) in [5, 5.41) is 12.9. The summed E-state index contributed by atoms with van der Waals surface area (Å²) in [6.07, 6.45) is 1.61. The van der Waals surface area contributed by atoms with Crippen LogP contribution in [0.5, 0.6) is 0 Å². The average molecular weight is 455 g/mol. The Labute approximate surface area is 177 Å². The lowest BCUT2D eigenvalue weighted by Crippen LogP contribution is -2.13. The number of carbonyl (C=O) groups is 1. The lowest BCUT2D eigenvalue weighted by atomic mass is 10.1. The van der Waals surface area contributed by atoms with Gasteiger partial charge in [-0.15, -0.1) is 0 Å². The lowest BCUT2D eigenvalue weighted by molar-refractivity contribution is -0.112. The molecule has 3 rings (SSSR count). The molecule has 0 fully saturated rings. The summed E-state index contributed by atoms with van der Waals surface area (Å²) in [6.45, 7) is 3.92. The summed E-state index contributed by atoms with van der Waals surface area (Å²) in [7, 11) is 0. The minimum Gasteiger partial charge on any atom is -0.320 e. The van der Waals surface area contributed by atoms with E-state index in [-0.39, 0.29) is 5.57 Å². The van der Waals surface area contributed by atoms with Crippen molar-refractivity contribution >= 4 is 45.2 Å². The fourth-order valence-corrected chi connectivity index (χ4v) is 3.57. The number of hydrogen-bond donors (Lipinski definition) is 1. The Morgan fingerprint density at radius 1 is 1.18 bits per heavy atom. The minimum atomic E-state index is -0.457. The standard InChI is InChI=1S/C22H17BrClN3O/c1-14-10-16(15(2)27(14)19-7-5-6-18(24)12-19)11-17(13-25)22(28)26-21-9-4-3-8-20(21)23/h3-12H,1-2H3,(H,26,28)/b17-11+. The van der Waals surface area contributed by atoms with Crippen LogP contribution in [0, 0.1) is 25.2 Å². The van der Waals surface area contributed by atoms with E-state index in [1.165, 1.54) is 0 Å². The average Bonchev–Trinajstić information content (AvgIpc) is 2.94. The molecule has 1 aromatic heterocycles. The maximum absolute atomic E-state index is 12.6. The quantitative estimate of drug-likeness (QED) is 0.385. The molecule has 28 heavy (non-hydrogen) atoms. The van der Waals surface area contributed by atoms with Gasteiger partial charge in [0.1, 0.15) is 11.6 Å². The van der Waals surface area contributed by atoms with E-state index in [2.05, 4.69) is 21.2 Å². The molecule has 0 bridgehead atoms. The molecule has 0 saturated heterocycles. The molecule has 0 atom stereocenters. The molecule has 0 radical (unpaired) electrons. The second-order valence-electron chi connectivity index (χ2n) is 6.25. The summed E-state index contributed by atoms with van der Waals surface area (Å²) in [5.41, 5.74) is 4.27. The number of amides is 1. The molecule has 1 heterocycles. The SMILES string of the molecule is Cc1cc(/C=C(\C#N)C(=O)Nc2ccccc2Br)c(C)n1-c1cccc(Cl)c1. The van der Waals surface area contributed by atoms with E-state index in [0.717, 1.165) is 27.1 Å². The molecule has 0 aliphatic carbocycles. The van der Waals surface area contributed by atoms with Gasteiger partial charge in [0.15, 0.2) is 0 Å². The normalized spacial score (nSPS) is 11.2. The fourth-order valence-electron chi connectivity index (χ4n) is 3.00. The van der Waals surface area contributed by atoms with Crippen LogP contribution in [0.15, 0.2) is 64.6 Å². The van der Waals surface area contributed by atoms with Crippen LogP contribution in [-0.2, 0) is 4.79 Å². The maximum Gasteiger partial charge on any atom is 0.266 e. The van der Waals surface area contributed by atoms with Crippen molar-refractivity contribution in [2.45, 2.75) is 13.8 Å². The molecule has 0 aliphatic rings. The van der Waals surface area contributed by atoms with Gasteiger partial charge in [0.25, 0.3) is 5.91 Å². The second kappa shape index (κ2) is 8.47. The molecule has 3 aromatic rings. The first kappa shape index (κ1) is 19.9. The zero-order valence-corrected chi connectivity index (χ0v) is 17.7. The van der Waals surface area contributed by atoms with Gasteiger partial charge in [-0.3, -0.25) is 4.79 Å². The summed E-state index contributed by atoms with van der Waals surface area (Å²) in [5.74, 6) is -0.457. The van der Waals surface area contributed by atoms with Crippen LogP contribution in [0.2, 0.25) is 5.02 Å². The number of nitriles is 1. The monoisotopic (exact) mass is 453 g/mol. The van der Waals surface area contributed by atoms with E-state index in [1.54, 1.807) is 12.1 Å². The molecule has 0 saturated carbocycles. The first-order chi connectivity index (χ1) is 13.4. The molecule has 2 aromatic carbocycles. The summed E-state index contributed by atoms with van der Waals surface area (Å²) >= 11 is 9.51. The molecule has 0 aliphatic heterocycles. The molecular formula is C22H17BrClN3O. The van der Waals surface area contributed by atoms with Gasteiger partial charge in [-0.05, 0) is 77.8 Å². The van der Waals surface area contributed by atoms with E-state index in [9.17, 15) is 10.1 Å². The largest absolute Gasteiger partial charge is 0.320 e. The van der Waals surface area contributed by atoms with E-state index in [1.807, 2.05) is 73.0 Å². The molecule has 0 spiro atoms. The van der Waals surface area contributed by atoms with E-state index >= 15 is 0 Å². The Hall–Kier alpha value is -2.81. The molecule has 1 N–H and O–H groups in total. The Morgan fingerprint density at radius 3 is 2.61 bits per heavy atom. The van der Waals surface area contributed by atoms with Crippen LogP contribution >= 0.6 is 27.5 Å². The molecule has 1 amide bonds. The van der Waals surface area contributed by atoms with Crippen LogP contribution in [0.3, 0.4) is 0 Å². The summed E-state index contributed by atoms with van der Waals surface area (Å²) < 4.78 is 2.79. The van der Waals surface area contributed by atoms with Gasteiger partial charge in [0.2, 0.25) is 0 Å². The summed E-state index contributed by atoms with van der Waals surface area (Å²) in [6, 6.07) is 18.7. The number of benzene rings is 2. The number of aryl methyl sites for hydroxylation is 1. The highest BCUT2D eigenvalue weighted by atomic mass is 79.9. The number of aromatic nitrogens is 1. The van der Waals surface area contributed by atoms with Crippen LogP contribution in [0.25, 0.3) is 11.8 Å². The Balaban J connectivity index is 1.95. The first-order valence-electron chi connectivity index (χ1n) is 8.53. The number of halogens is 2. The number of carbonyl (C=O) groups excluding carboxylic acids is 1. The number of nitrogens with zero attached hydrogens (tertiary/aromatic N) is 2. The predicted molar refractivity (Wildman–Crippen MR) is 117 cm³/mol. The molecule has 0 unspecified atom stereocenters. The van der Waals surface area contributed by atoms with Crippen molar-refractivity contribution < 1.29 is 4.79 Å². The number of anilines is 1. The van der Waals surface area contributed by atoms with Crippen molar-refractivity contribution in [2.24, 2.45) is 0 Å². The Morgan fingerprint density at radius 2 is 1.93 bits per heavy atom. The number of hydrogen-bond acceptors (Lipinski definition) is 2. The van der Waals surface area contributed by atoms with Crippen molar-refractivity contribution in [3.63, 3.8) is 0 Å². The Kier molecular flexibility index (Phi) is 6.03. The van der Waals surface area contributed by atoms with Crippen molar-refractivity contribution in [2.75, 3.05) is 5.32 Å². The molecule has 140 valence electrons. The van der Waals surface area contributed by atoms with Gasteiger partial charge in [0.05, 0.1) is 5.69 Å².